The number of rotatable bonds is 66. The highest BCUT2D eigenvalue weighted by atomic mass is 16.8. The SMILES string of the molecule is CC/C=C\C/C=C\C/C=C\C/C=C\C/C=C\C/C=C\C/C=C\C/C=C\C/C=C\CCCCCCCCCCCC(=O)NC(COC1OC(CO)C(OC2OC(CO)C(OC3OC(CO)C(O)C(O)C3O)C(O)C2O)C(O)C1O)C(O)/C=C/CCCCCCCCCCCCCCCCCCCCCCCCC. The number of hydrogen-bond donors (Lipinski definition) is 12. The summed E-state index contributed by atoms with van der Waals surface area (Å²) in [6, 6.07) is -0.987. The number of ether oxygens (including phenoxy) is 6. The third-order valence-corrected chi connectivity index (χ3v) is 20.3. The first kappa shape index (κ1) is 97.4. The number of hydrogen-bond acceptors (Lipinski definition) is 18. The maximum Gasteiger partial charge on any atom is 0.220 e. The number of amides is 1. The summed E-state index contributed by atoms with van der Waals surface area (Å²) < 4.78 is 34.5. The van der Waals surface area contributed by atoms with Crippen LogP contribution in [0.3, 0.4) is 0 Å². The molecule has 0 aromatic rings. The van der Waals surface area contributed by atoms with Crippen molar-refractivity contribution in [3.8, 4) is 0 Å². The average Bonchev–Trinajstić information content (AvgIpc) is 0.781. The Morgan fingerprint density at radius 3 is 1.01 bits per heavy atom. The Morgan fingerprint density at radius 1 is 0.346 bits per heavy atom. The first-order chi connectivity index (χ1) is 52.3. The van der Waals surface area contributed by atoms with Crippen molar-refractivity contribution in [1.29, 1.82) is 0 Å². The van der Waals surface area contributed by atoms with Crippen molar-refractivity contribution in [2.45, 2.75) is 401 Å². The fourth-order valence-electron chi connectivity index (χ4n) is 13.5. The van der Waals surface area contributed by atoms with Gasteiger partial charge in [-0.15, -0.1) is 0 Å². The zero-order valence-corrected chi connectivity index (χ0v) is 66.1. The number of carbonyl (C=O) groups excluding carboxylic acids is 1. The minimum atomic E-state index is -1.98. The molecule has 3 saturated heterocycles. The Morgan fingerprint density at radius 2 is 0.645 bits per heavy atom. The van der Waals surface area contributed by atoms with Crippen LogP contribution in [0.25, 0.3) is 0 Å². The molecule has 0 saturated carbocycles. The normalized spacial score (nSPS) is 26.2. The number of aliphatic hydroxyl groups is 11. The molecule has 19 heteroatoms. The molecule has 0 bridgehead atoms. The van der Waals surface area contributed by atoms with E-state index in [1.165, 1.54) is 154 Å². The Kier molecular flexibility index (Phi) is 60.8. The highest BCUT2D eigenvalue weighted by molar-refractivity contribution is 5.76. The lowest BCUT2D eigenvalue weighted by Crippen LogP contribution is -2.66. The van der Waals surface area contributed by atoms with Gasteiger partial charge in [-0.3, -0.25) is 4.79 Å². The summed E-state index contributed by atoms with van der Waals surface area (Å²) in [5.41, 5.74) is 0. The van der Waals surface area contributed by atoms with E-state index < -0.39 is 124 Å². The van der Waals surface area contributed by atoms with Gasteiger partial charge in [-0.25, -0.2) is 0 Å². The molecule has 17 atom stereocenters. The van der Waals surface area contributed by atoms with Crippen LogP contribution in [0, 0.1) is 0 Å². The highest BCUT2D eigenvalue weighted by Crippen LogP contribution is 2.33. The highest BCUT2D eigenvalue weighted by Gasteiger charge is 2.54. The summed E-state index contributed by atoms with van der Waals surface area (Å²) in [6.45, 7) is 1.64. The molecule has 0 aromatic carbocycles. The van der Waals surface area contributed by atoms with Crippen LogP contribution in [0.4, 0.5) is 0 Å². The lowest BCUT2D eigenvalue weighted by atomic mass is 9.96. The van der Waals surface area contributed by atoms with E-state index in [4.69, 9.17) is 28.4 Å². The Balaban J connectivity index is 1.36. The molecule has 0 radical (unpaired) electrons. The molecule has 17 unspecified atom stereocenters. The second-order valence-electron chi connectivity index (χ2n) is 29.6. The molecule has 1 amide bonds. The molecule has 19 nitrogen and oxygen atoms in total. The molecule has 3 aliphatic rings. The van der Waals surface area contributed by atoms with Crippen LogP contribution < -0.4 is 5.32 Å². The molecular formula is C88H151NO18. The maximum atomic E-state index is 13.5. The van der Waals surface area contributed by atoms with E-state index in [2.05, 4.69) is 129 Å². The molecule has 3 aliphatic heterocycles. The summed E-state index contributed by atoms with van der Waals surface area (Å²) in [4.78, 5) is 13.5. The molecule has 12 N–H and O–H groups in total. The summed E-state index contributed by atoms with van der Waals surface area (Å²) in [7, 11) is 0. The van der Waals surface area contributed by atoms with Crippen LogP contribution in [0.2, 0.25) is 0 Å². The van der Waals surface area contributed by atoms with Crippen molar-refractivity contribution in [2.24, 2.45) is 0 Å². The van der Waals surface area contributed by atoms with Crippen molar-refractivity contribution in [3.63, 3.8) is 0 Å². The zero-order chi connectivity index (χ0) is 77.4. The zero-order valence-electron chi connectivity index (χ0n) is 66.1. The van der Waals surface area contributed by atoms with Crippen LogP contribution >= 0.6 is 0 Å². The van der Waals surface area contributed by atoms with E-state index in [1.54, 1.807) is 6.08 Å². The fraction of sp³-hybridized carbons (Fsp3) is 0.761. The van der Waals surface area contributed by atoms with Crippen molar-refractivity contribution in [1.82, 2.24) is 5.32 Å². The molecule has 107 heavy (non-hydrogen) atoms. The van der Waals surface area contributed by atoms with Gasteiger partial charge in [0.05, 0.1) is 38.6 Å². The molecule has 0 aliphatic carbocycles. The van der Waals surface area contributed by atoms with Gasteiger partial charge < -0.3 is 89.9 Å². The maximum absolute atomic E-state index is 13.5. The lowest BCUT2D eigenvalue weighted by molar-refractivity contribution is -0.379. The minimum absolute atomic E-state index is 0.229. The van der Waals surface area contributed by atoms with Crippen molar-refractivity contribution >= 4 is 5.91 Å². The number of unbranched alkanes of at least 4 members (excludes halogenated alkanes) is 32. The molecule has 3 fully saturated rings. The second-order valence-corrected chi connectivity index (χ2v) is 29.6. The van der Waals surface area contributed by atoms with E-state index in [9.17, 15) is 61.0 Å². The van der Waals surface area contributed by atoms with Crippen LogP contribution in [0.1, 0.15) is 296 Å². The molecule has 3 rings (SSSR count). The Hall–Kier alpha value is -3.81. The Labute approximate surface area is 646 Å². The first-order valence-electron chi connectivity index (χ1n) is 42.3. The van der Waals surface area contributed by atoms with Gasteiger partial charge in [-0.05, 0) is 89.9 Å². The Bertz CT molecular complexity index is 2410. The summed E-state index contributed by atoms with van der Waals surface area (Å²) in [6.07, 6.45) is 67.4. The number of aliphatic hydroxyl groups excluding tert-OH is 11. The largest absolute Gasteiger partial charge is 0.394 e. The standard InChI is InChI=1S/C88H151NO18/c1-3-5-7-9-11-13-15-17-19-21-23-25-27-29-30-31-32-33-34-35-36-37-38-39-40-42-44-46-48-50-52-54-56-58-60-62-64-66-76(94)89-71(72(93)65-63-61-59-57-55-53-51-49-47-45-43-41-28-26-24-22-20-18-16-14-12-10-8-6-4-2)70-102-86-82(100)79(97)84(74(68-91)104-86)107-88-83(101)80(98)85(75(69-92)105-88)106-87-81(99)78(96)77(95)73(67-90)103-87/h5,7,11,13,17,19,23,25,29-30,32-33,35-36,38-39,42,44,63,65,71-75,77-88,90-93,95-101H,3-4,6,8-10,12,14-16,18,20-22,24,26-28,31,34,37,40-41,43,45-62,64,66-70H2,1-2H3,(H,89,94)/b7-5-,13-11-,19-17-,25-23-,30-29-,33-32-,36-35-,39-38-,44-42-,65-63+. The molecule has 0 spiro atoms. The van der Waals surface area contributed by atoms with E-state index >= 15 is 0 Å². The van der Waals surface area contributed by atoms with E-state index in [0.717, 1.165) is 116 Å². The predicted molar refractivity (Wildman–Crippen MR) is 429 cm³/mol. The fourth-order valence-corrected chi connectivity index (χ4v) is 13.5. The number of allylic oxidation sites excluding steroid dienone is 19. The summed E-state index contributed by atoms with van der Waals surface area (Å²) in [5, 5.41) is 121. The predicted octanol–water partition coefficient (Wildman–Crippen LogP) is 15.1. The second kappa shape index (κ2) is 66.8. The minimum Gasteiger partial charge on any atom is -0.394 e. The molecule has 0 aromatic heterocycles. The van der Waals surface area contributed by atoms with Crippen molar-refractivity contribution in [3.05, 3.63) is 122 Å². The van der Waals surface area contributed by atoms with E-state index in [1.807, 2.05) is 6.08 Å². The van der Waals surface area contributed by atoms with Crippen LogP contribution in [-0.2, 0) is 33.2 Å². The van der Waals surface area contributed by atoms with Gasteiger partial charge in [0.15, 0.2) is 18.9 Å². The van der Waals surface area contributed by atoms with Crippen molar-refractivity contribution < 1.29 is 89.4 Å². The smallest absolute Gasteiger partial charge is 0.220 e. The van der Waals surface area contributed by atoms with Crippen molar-refractivity contribution in [2.75, 3.05) is 26.4 Å². The molecule has 616 valence electrons. The summed E-state index contributed by atoms with van der Waals surface area (Å²) >= 11 is 0. The third kappa shape index (κ3) is 46.1. The first-order valence-corrected chi connectivity index (χ1v) is 42.3. The van der Waals surface area contributed by atoms with Gasteiger partial charge in [-0.2, -0.15) is 0 Å². The van der Waals surface area contributed by atoms with Gasteiger partial charge in [-0.1, -0.05) is 322 Å². The van der Waals surface area contributed by atoms with Gasteiger partial charge in [0.1, 0.15) is 73.2 Å². The van der Waals surface area contributed by atoms with Gasteiger partial charge in [0.25, 0.3) is 0 Å². The lowest BCUT2D eigenvalue weighted by Gasteiger charge is -2.48. The summed E-state index contributed by atoms with van der Waals surface area (Å²) in [5.74, 6) is -0.284. The number of carbonyl (C=O) groups is 1. The van der Waals surface area contributed by atoms with Gasteiger partial charge >= 0.3 is 0 Å². The van der Waals surface area contributed by atoms with Crippen LogP contribution in [-0.4, -0.2) is 193 Å². The van der Waals surface area contributed by atoms with Gasteiger partial charge in [0.2, 0.25) is 5.91 Å². The molecule has 3 heterocycles. The number of nitrogens with one attached hydrogen (secondary N) is 1. The third-order valence-electron chi connectivity index (χ3n) is 20.3. The molecular weight excluding hydrogens is 1360 g/mol. The van der Waals surface area contributed by atoms with Crippen LogP contribution in [0.5, 0.6) is 0 Å². The quantitative estimate of drug-likeness (QED) is 0.0199. The van der Waals surface area contributed by atoms with E-state index in [-0.39, 0.29) is 18.9 Å². The van der Waals surface area contributed by atoms with E-state index in [0.29, 0.717) is 6.42 Å². The average molecular weight is 1510 g/mol. The van der Waals surface area contributed by atoms with Gasteiger partial charge in [0, 0.05) is 6.42 Å². The topological polar surface area (TPSA) is 307 Å². The van der Waals surface area contributed by atoms with Crippen LogP contribution in [0.15, 0.2) is 122 Å². The monoisotopic (exact) mass is 1510 g/mol.